The third-order valence-corrected chi connectivity index (χ3v) is 4.88. The van der Waals surface area contributed by atoms with Gasteiger partial charge in [0.1, 0.15) is 0 Å². The molecule has 0 aliphatic carbocycles. The number of amides is 1. The van der Waals surface area contributed by atoms with Crippen molar-refractivity contribution in [2.24, 2.45) is 4.99 Å². The lowest BCUT2D eigenvalue weighted by Gasteiger charge is -2.26. The molecule has 1 aliphatic heterocycles. The highest BCUT2D eigenvalue weighted by Gasteiger charge is 2.30. The van der Waals surface area contributed by atoms with Crippen LogP contribution in [-0.2, 0) is 4.79 Å². The van der Waals surface area contributed by atoms with Crippen molar-refractivity contribution in [2.75, 3.05) is 40.8 Å². The molecule has 0 spiro atoms. The van der Waals surface area contributed by atoms with E-state index >= 15 is 0 Å². The highest BCUT2D eigenvalue weighted by molar-refractivity contribution is 5.81. The van der Waals surface area contributed by atoms with Gasteiger partial charge in [0, 0.05) is 34.2 Å². The van der Waals surface area contributed by atoms with Crippen molar-refractivity contribution in [1.82, 2.24) is 20.4 Å². The van der Waals surface area contributed by atoms with Crippen LogP contribution in [0.15, 0.2) is 35.3 Å². The third kappa shape index (κ3) is 5.73. The van der Waals surface area contributed by atoms with Crippen LogP contribution in [0.2, 0.25) is 0 Å². The minimum atomic E-state index is 0.0561. The SMILES string of the molecule is CN=C(NCCCN1CCCC1C(=O)N(C)C)NC(C)c1ccccc1. The van der Waals surface area contributed by atoms with E-state index in [9.17, 15) is 4.79 Å². The summed E-state index contributed by atoms with van der Waals surface area (Å²) >= 11 is 0. The zero-order chi connectivity index (χ0) is 18.9. The number of likely N-dealkylation sites (N-methyl/N-ethyl adjacent to an activating group) is 1. The molecule has 1 heterocycles. The van der Waals surface area contributed by atoms with E-state index in [1.165, 1.54) is 5.56 Å². The molecule has 2 N–H and O–H groups in total. The Bertz CT molecular complexity index is 587. The molecule has 0 aromatic heterocycles. The Labute approximate surface area is 157 Å². The number of hydrogen-bond acceptors (Lipinski definition) is 3. The largest absolute Gasteiger partial charge is 0.356 e. The fourth-order valence-corrected chi connectivity index (χ4v) is 3.39. The van der Waals surface area contributed by atoms with Crippen LogP contribution < -0.4 is 10.6 Å². The lowest BCUT2D eigenvalue weighted by atomic mass is 10.1. The summed E-state index contributed by atoms with van der Waals surface area (Å²) in [5.41, 5.74) is 1.23. The first-order chi connectivity index (χ1) is 12.5. The second-order valence-corrected chi connectivity index (χ2v) is 7.06. The minimum Gasteiger partial charge on any atom is -0.356 e. The maximum atomic E-state index is 12.2. The van der Waals surface area contributed by atoms with Gasteiger partial charge in [-0.3, -0.25) is 14.7 Å². The van der Waals surface area contributed by atoms with Crippen LogP contribution in [0.5, 0.6) is 0 Å². The summed E-state index contributed by atoms with van der Waals surface area (Å²) in [4.78, 5) is 20.6. The molecule has 2 atom stereocenters. The lowest BCUT2D eigenvalue weighted by Crippen LogP contribution is -2.44. The molecule has 0 radical (unpaired) electrons. The van der Waals surface area contributed by atoms with Gasteiger partial charge in [0.05, 0.1) is 12.1 Å². The van der Waals surface area contributed by atoms with E-state index in [4.69, 9.17) is 0 Å². The van der Waals surface area contributed by atoms with Crippen LogP contribution in [0.4, 0.5) is 0 Å². The topological polar surface area (TPSA) is 60.0 Å². The summed E-state index contributed by atoms with van der Waals surface area (Å²) in [5, 5.41) is 6.80. The van der Waals surface area contributed by atoms with Crippen molar-refractivity contribution in [2.45, 2.75) is 38.3 Å². The number of aliphatic imine (C=N–C) groups is 1. The lowest BCUT2D eigenvalue weighted by molar-refractivity contribution is -0.133. The van der Waals surface area contributed by atoms with Crippen molar-refractivity contribution < 1.29 is 4.79 Å². The van der Waals surface area contributed by atoms with Crippen molar-refractivity contribution in [1.29, 1.82) is 0 Å². The average molecular weight is 360 g/mol. The molecule has 6 heteroatoms. The fraction of sp³-hybridized carbons (Fsp3) is 0.600. The Balaban J connectivity index is 1.73. The number of carbonyl (C=O) groups excluding carboxylic acids is 1. The molecule has 26 heavy (non-hydrogen) atoms. The van der Waals surface area contributed by atoms with E-state index in [0.29, 0.717) is 0 Å². The highest BCUT2D eigenvalue weighted by Crippen LogP contribution is 2.18. The Morgan fingerprint density at radius 2 is 2.08 bits per heavy atom. The normalized spacial score (nSPS) is 19.2. The Morgan fingerprint density at radius 1 is 1.35 bits per heavy atom. The summed E-state index contributed by atoms with van der Waals surface area (Å²) < 4.78 is 0. The molecular formula is C20H33N5O. The summed E-state index contributed by atoms with van der Waals surface area (Å²) in [7, 11) is 5.47. The van der Waals surface area contributed by atoms with Gasteiger partial charge in [-0.15, -0.1) is 0 Å². The van der Waals surface area contributed by atoms with Crippen LogP contribution in [-0.4, -0.2) is 68.5 Å². The number of rotatable bonds is 7. The van der Waals surface area contributed by atoms with Gasteiger partial charge in [0.2, 0.25) is 5.91 Å². The number of nitrogens with one attached hydrogen (secondary N) is 2. The zero-order valence-corrected chi connectivity index (χ0v) is 16.5. The predicted molar refractivity (Wildman–Crippen MR) is 107 cm³/mol. The summed E-state index contributed by atoms with van der Waals surface area (Å²) in [6.45, 7) is 4.91. The number of carbonyl (C=O) groups is 1. The maximum Gasteiger partial charge on any atom is 0.239 e. The van der Waals surface area contributed by atoms with Gasteiger partial charge in [-0.2, -0.15) is 0 Å². The number of guanidine groups is 1. The molecule has 144 valence electrons. The van der Waals surface area contributed by atoms with Crippen molar-refractivity contribution >= 4 is 11.9 Å². The Hall–Kier alpha value is -2.08. The molecule has 2 unspecified atom stereocenters. The van der Waals surface area contributed by atoms with Gasteiger partial charge >= 0.3 is 0 Å². The fourth-order valence-electron chi connectivity index (χ4n) is 3.39. The molecule has 2 rings (SSSR count). The van der Waals surface area contributed by atoms with Gasteiger partial charge < -0.3 is 15.5 Å². The number of likely N-dealkylation sites (tertiary alicyclic amines) is 1. The third-order valence-electron chi connectivity index (χ3n) is 4.88. The molecule has 1 amide bonds. The standard InChI is InChI=1S/C20H33N5O/c1-16(17-10-6-5-7-11-17)23-20(21-2)22-13-9-15-25-14-8-12-18(25)19(26)24(3)4/h5-7,10-11,16,18H,8-9,12-15H2,1-4H3,(H2,21,22,23). The zero-order valence-electron chi connectivity index (χ0n) is 16.5. The van der Waals surface area contributed by atoms with E-state index in [-0.39, 0.29) is 18.0 Å². The molecule has 1 fully saturated rings. The average Bonchev–Trinajstić information content (AvgIpc) is 3.12. The quantitative estimate of drug-likeness (QED) is 0.443. The van der Waals surface area contributed by atoms with Gasteiger partial charge in [-0.05, 0) is 38.3 Å². The van der Waals surface area contributed by atoms with Crippen molar-refractivity contribution in [3.8, 4) is 0 Å². The Kier molecular flexibility index (Phi) is 7.91. The first-order valence-corrected chi connectivity index (χ1v) is 9.50. The molecule has 1 aliphatic rings. The molecule has 1 aromatic rings. The van der Waals surface area contributed by atoms with E-state index in [1.54, 1.807) is 11.9 Å². The van der Waals surface area contributed by atoms with Gasteiger partial charge in [0.25, 0.3) is 0 Å². The summed E-state index contributed by atoms with van der Waals surface area (Å²) in [5.74, 6) is 1.04. The van der Waals surface area contributed by atoms with Crippen LogP contribution in [0.3, 0.4) is 0 Å². The van der Waals surface area contributed by atoms with Gasteiger partial charge in [0.15, 0.2) is 5.96 Å². The number of nitrogens with zero attached hydrogens (tertiary/aromatic N) is 3. The van der Waals surface area contributed by atoms with Crippen LogP contribution >= 0.6 is 0 Å². The molecule has 1 saturated heterocycles. The number of benzene rings is 1. The number of hydrogen-bond donors (Lipinski definition) is 2. The van der Waals surface area contributed by atoms with Crippen LogP contribution in [0, 0.1) is 0 Å². The molecule has 0 bridgehead atoms. The minimum absolute atomic E-state index is 0.0561. The maximum absolute atomic E-state index is 12.2. The van der Waals surface area contributed by atoms with Crippen molar-refractivity contribution in [3.05, 3.63) is 35.9 Å². The van der Waals surface area contributed by atoms with E-state index < -0.39 is 0 Å². The predicted octanol–water partition coefficient (Wildman–Crippen LogP) is 1.86. The van der Waals surface area contributed by atoms with Crippen molar-refractivity contribution in [3.63, 3.8) is 0 Å². The van der Waals surface area contributed by atoms with E-state index in [0.717, 1.165) is 44.9 Å². The molecule has 0 saturated carbocycles. The van der Waals surface area contributed by atoms with Gasteiger partial charge in [-0.1, -0.05) is 30.3 Å². The summed E-state index contributed by atoms with van der Waals surface area (Å²) in [6.07, 6.45) is 3.06. The molecule has 1 aromatic carbocycles. The Morgan fingerprint density at radius 3 is 2.73 bits per heavy atom. The monoisotopic (exact) mass is 359 g/mol. The van der Waals surface area contributed by atoms with Gasteiger partial charge in [-0.25, -0.2) is 0 Å². The smallest absolute Gasteiger partial charge is 0.239 e. The van der Waals surface area contributed by atoms with E-state index in [2.05, 4.69) is 39.6 Å². The molecule has 6 nitrogen and oxygen atoms in total. The molecular weight excluding hydrogens is 326 g/mol. The summed E-state index contributed by atoms with van der Waals surface area (Å²) in [6, 6.07) is 10.6. The second-order valence-electron chi connectivity index (χ2n) is 7.06. The highest BCUT2D eigenvalue weighted by atomic mass is 16.2. The van der Waals surface area contributed by atoms with E-state index in [1.807, 2.05) is 32.3 Å². The first kappa shape index (κ1) is 20.2. The second kappa shape index (κ2) is 10.2. The van der Waals surface area contributed by atoms with Crippen LogP contribution in [0.25, 0.3) is 0 Å². The first-order valence-electron chi connectivity index (χ1n) is 9.50. The van der Waals surface area contributed by atoms with Crippen LogP contribution in [0.1, 0.15) is 37.8 Å².